The third kappa shape index (κ3) is 9.90. The molecular formula is C30H45N3O4S. The molecule has 0 aromatic heterocycles. The lowest BCUT2D eigenvalue weighted by Crippen LogP contribution is -2.54. The third-order valence-electron chi connectivity index (χ3n) is 6.63. The van der Waals surface area contributed by atoms with Crippen molar-refractivity contribution in [2.45, 2.75) is 109 Å². The van der Waals surface area contributed by atoms with Crippen LogP contribution in [0, 0.1) is 12.3 Å². The molecule has 0 saturated heterocycles. The highest BCUT2D eigenvalue weighted by Crippen LogP contribution is 2.28. The van der Waals surface area contributed by atoms with Gasteiger partial charge >= 0.3 is 6.09 Å². The molecule has 1 aromatic rings. The molecule has 7 nitrogen and oxygen atoms in total. The van der Waals surface area contributed by atoms with Crippen molar-refractivity contribution in [2.24, 2.45) is 0 Å². The molecule has 0 aliphatic heterocycles. The summed E-state index contributed by atoms with van der Waals surface area (Å²) < 4.78 is 5.38. The fourth-order valence-electron chi connectivity index (χ4n) is 4.76. The Hall–Kier alpha value is -2.66. The van der Waals surface area contributed by atoms with Gasteiger partial charge in [-0.2, -0.15) is 12.6 Å². The molecule has 38 heavy (non-hydrogen) atoms. The molecule has 0 radical (unpaired) electrons. The number of carbonyl (C=O) groups excluding carboxylic acids is 3. The van der Waals surface area contributed by atoms with E-state index in [1.807, 2.05) is 18.2 Å². The number of benzene rings is 1. The van der Waals surface area contributed by atoms with Crippen molar-refractivity contribution in [3.8, 4) is 12.3 Å². The van der Waals surface area contributed by atoms with Crippen LogP contribution in [0.2, 0.25) is 0 Å². The summed E-state index contributed by atoms with van der Waals surface area (Å²) in [6, 6.07) is 5.40. The van der Waals surface area contributed by atoms with E-state index >= 15 is 0 Å². The van der Waals surface area contributed by atoms with E-state index < -0.39 is 29.7 Å². The molecule has 1 aromatic carbocycles. The highest BCUT2D eigenvalue weighted by Gasteiger charge is 2.37. The van der Waals surface area contributed by atoms with Crippen molar-refractivity contribution < 1.29 is 19.1 Å². The predicted molar refractivity (Wildman–Crippen MR) is 155 cm³/mol. The Balaban J connectivity index is 2.45. The third-order valence-corrected chi connectivity index (χ3v) is 6.99. The maximum absolute atomic E-state index is 14.0. The van der Waals surface area contributed by atoms with Gasteiger partial charge in [0, 0.05) is 23.9 Å². The summed E-state index contributed by atoms with van der Waals surface area (Å²) in [6.45, 7) is 7.74. The van der Waals surface area contributed by atoms with Crippen LogP contribution < -0.4 is 10.6 Å². The van der Waals surface area contributed by atoms with Gasteiger partial charge in [-0.3, -0.25) is 9.59 Å². The lowest BCUT2D eigenvalue weighted by atomic mass is 9.93. The Labute approximate surface area is 234 Å². The summed E-state index contributed by atoms with van der Waals surface area (Å²) in [5, 5.41) is 5.86. The monoisotopic (exact) mass is 543 g/mol. The van der Waals surface area contributed by atoms with Gasteiger partial charge in [-0.25, -0.2) is 4.79 Å². The van der Waals surface area contributed by atoms with Crippen LogP contribution in [0.3, 0.4) is 0 Å². The average Bonchev–Trinajstić information content (AvgIpc) is 2.88. The Morgan fingerprint density at radius 1 is 1.13 bits per heavy atom. The molecule has 2 N–H and O–H groups in total. The quantitative estimate of drug-likeness (QED) is 0.187. The van der Waals surface area contributed by atoms with Crippen molar-refractivity contribution in [1.29, 1.82) is 0 Å². The molecule has 2 unspecified atom stereocenters. The van der Waals surface area contributed by atoms with Gasteiger partial charge in [-0.05, 0) is 51.7 Å². The van der Waals surface area contributed by atoms with E-state index in [4.69, 9.17) is 11.2 Å². The molecule has 0 spiro atoms. The number of hydrogen-bond donors (Lipinski definition) is 3. The summed E-state index contributed by atoms with van der Waals surface area (Å²) in [5.41, 5.74) is 0.440. The SMILES string of the molecule is C#Cc1ccccc1C(C(=O)NC1CCCCC1)N(CCCCCC)C(=O)C(CS)NC(=O)OC(C)(C)C. The fourth-order valence-corrected chi connectivity index (χ4v) is 5.00. The zero-order valence-corrected chi connectivity index (χ0v) is 24.3. The summed E-state index contributed by atoms with van der Waals surface area (Å²) in [4.78, 5) is 42.1. The highest BCUT2D eigenvalue weighted by molar-refractivity contribution is 7.80. The standard InChI is InChI=1S/C30H45N3O4S/c1-6-8-9-15-20-33(28(35)25(21-38)32-29(36)37-30(3,4)5)26(24-19-14-13-16-22(24)7-2)27(34)31-23-17-11-10-12-18-23/h2,13-14,16,19,23,25-26,38H,6,8-12,15,17-18,20-21H2,1,3-5H3,(H,31,34)(H,32,36). The number of rotatable bonds is 12. The van der Waals surface area contributed by atoms with E-state index in [0.29, 0.717) is 17.7 Å². The molecule has 210 valence electrons. The van der Waals surface area contributed by atoms with Gasteiger partial charge in [-0.15, -0.1) is 6.42 Å². The minimum atomic E-state index is -0.970. The molecule has 3 amide bonds. The fraction of sp³-hybridized carbons (Fsp3) is 0.633. The summed E-state index contributed by atoms with van der Waals surface area (Å²) in [7, 11) is 0. The number of nitrogens with zero attached hydrogens (tertiary/aromatic N) is 1. The Morgan fingerprint density at radius 3 is 2.42 bits per heavy atom. The van der Waals surface area contributed by atoms with E-state index in [-0.39, 0.29) is 17.7 Å². The van der Waals surface area contributed by atoms with Gasteiger partial charge in [0.15, 0.2) is 0 Å². The van der Waals surface area contributed by atoms with E-state index in [1.54, 1.807) is 31.7 Å². The van der Waals surface area contributed by atoms with Crippen LogP contribution in [0.4, 0.5) is 4.79 Å². The van der Waals surface area contributed by atoms with Crippen LogP contribution in [0.1, 0.15) is 103 Å². The molecular weight excluding hydrogens is 498 g/mol. The Kier molecular flexibility index (Phi) is 13.0. The Bertz CT molecular complexity index is 963. The van der Waals surface area contributed by atoms with Gasteiger partial charge < -0.3 is 20.3 Å². The Morgan fingerprint density at radius 2 is 1.82 bits per heavy atom. The van der Waals surface area contributed by atoms with Gasteiger partial charge in [-0.1, -0.05) is 69.6 Å². The largest absolute Gasteiger partial charge is 0.444 e. The lowest BCUT2D eigenvalue weighted by Gasteiger charge is -2.36. The molecule has 2 rings (SSSR count). The molecule has 0 bridgehead atoms. The first kappa shape index (κ1) is 31.6. The average molecular weight is 544 g/mol. The normalized spacial score (nSPS) is 15.6. The number of alkyl carbamates (subject to hydrolysis) is 1. The first-order valence-electron chi connectivity index (χ1n) is 13.9. The van der Waals surface area contributed by atoms with Crippen LogP contribution in [0.15, 0.2) is 24.3 Å². The molecule has 1 aliphatic carbocycles. The van der Waals surface area contributed by atoms with Crippen molar-refractivity contribution >= 4 is 30.5 Å². The van der Waals surface area contributed by atoms with Crippen LogP contribution in [-0.4, -0.2) is 52.8 Å². The van der Waals surface area contributed by atoms with E-state index in [1.165, 1.54) is 0 Å². The van der Waals surface area contributed by atoms with Gasteiger partial charge in [0.2, 0.25) is 11.8 Å². The molecule has 1 aliphatic rings. The van der Waals surface area contributed by atoms with Crippen LogP contribution in [-0.2, 0) is 14.3 Å². The summed E-state index contributed by atoms with van der Waals surface area (Å²) >= 11 is 4.36. The topological polar surface area (TPSA) is 87.7 Å². The van der Waals surface area contributed by atoms with Crippen molar-refractivity contribution in [1.82, 2.24) is 15.5 Å². The highest BCUT2D eigenvalue weighted by atomic mass is 32.1. The summed E-state index contributed by atoms with van der Waals surface area (Å²) in [5.74, 6) is 2.09. The van der Waals surface area contributed by atoms with Crippen molar-refractivity contribution in [3.05, 3.63) is 35.4 Å². The number of ether oxygens (including phenoxy) is 1. The zero-order valence-electron chi connectivity index (χ0n) is 23.4. The zero-order chi connectivity index (χ0) is 28.1. The number of terminal acetylenes is 1. The number of unbranched alkanes of at least 4 members (excludes halogenated alkanes) is 3. The molecule has 1 fully saturated rings. The van der Waals surface area contributed by atoms with Crippen LogP contribution in [0.25, 0.3) is 0 Å². The van der Waals surface area contributed by atoms with E-state index in [9.17, 15) is 14.4 Å². The molecule has 0 heterocycles. The number of amides is 3. The van der Waals surface area contributed by atoms with E-state index in [0.717, 1.165) is 57.8 Å². The maximum Gasteiger partial charge on any atom is 0.408 e. The van der Waals surface area contributed by atoms with E-state index in [2.05, 4.69) is 36.1 Å². The molecule has 2 atom stereocenters. The smallest absolute Gasteiger partial charge is 0.408 e. The number of hydrogen-bond acceptors (Lipinski definition) is 5. The number of carbonyl (C=O) groups is 3. The number of thiol groups is 1. The maximum atomic E-state index is 14.0. The minimum absolute atomic E-state index is 0.0529. The second-order valence-corrected chi connectivity index (χ2v) is 11.3. The van der Waals surface area contributed by atoms with Gasteiger partial charge in [0.1, 0.15) is 17.7 Å². The first-order valence-corrected chi connectivity index (χ1v) is 14.5. The second-order valence-electron chi connectivity index (χ2n) is 11.0. The van der Waals surface area contributed by atoms with Crippen molar-refractivity contribution in [2.75, 3.05) is 12.3 Å². The van der Waals surface area contributed by atoms with Crippen LogP contribution in [0.5, 0.6) is 0 Å². The summed E-state index contributed by atoms with van der Waals surface area (Å²) in [6.07, 6.45) is 14.0. The minimum Gasteiger partial charge on any atom is -0.444 e. The molecule has 1 saturated carbocycles. The van der Waals surface area contributed by atoms with Crippen LogP contribution >= 0.6 is 12.6 Å². The van der Waals surface area contributed by atoms with Crippen molar-refractivity contribution in [3.63, 3.8) is 0 Å². The number of nitrogens with one attached hydrogen (secondary N) is 2. The second kappa shape index (κ2) is 15.7. The van der Waals surface area contributed by atoms with Gasteiger partial charge in [0.25, 0.3) is 0 Å². The first-order chi connectivity index (χ1) is 18.1. The lowest BCUT2D eigenvalue weighted by molar-refractivity contribution is -0.142. The van der Waals surface area contributed by atoms with Gasteiger partial charge in [0.05, 0.1) is 0 Å². The predicted octanol–water partition coefficient (Wildman–Crippen LogP) is 5.39. The molecule has 8 heteroatoms.